The molecule has 18 heavy (non-hydrogen) atoms. The van der Waals surface area contributed by atoms with Crippen LogP contribution in [0.25, 0.3) is 0 Å². The van der Waals surface area contributed by atoms with Gasteiger partial charge in [-0.1, -0.05) is 4.89 Å². The minimum Gasteiger partial charge on any atom is -0.287 e. The van der Waals surface area contributed by atoms with E-state index in [9.17, 15) is 27.3 Å². The monoisotopic (exact) mass is 282 g/mol. The highest BCUT2D eigenvalue weighted by Crippen LogP contribution is 2.24. The van der Waals surface area contributed by atoms with Gasteiger partial charge in [0, 0.05) is 12.1 Å². The summed E-state index contributed by atoms with van der Waals surface area (Å²) in [4.78, 5) is 14.1. The summed E-state index contributed by atoms with van der Waals surface area (Å²) in [7, 11) is -4.44. The molecular formula is C8H8F2N2O5S. The fourth-order valence-corrected chi connectivity index (χ4v) is 1.99. The lowest BCUT2D eigenvalue weighted by molar-refractivity contribution is -0.387. The summed E-state index contributed by atoms with van der Waals surface area (Å²) in [5.74, 6) is -2.92. The van der Waals surface area contributed by atoms with E-state index >= 15 is 0 Å². The Balaban J connectivity index is 3.33. The average molecular weight is 282 g/mol. The molecule has 0 radical (unpaired) electrons. The van der Waals surface area contributed by atoms with Crippen LogP contribution in [0.4, 0.5) is 14.5 Å². The number of rotatable bonds is 5. The lowest BCUT2D eigenvalue weighted by Crippen LogP contribution is -2.25. The molecule has 1 N–H and O–H groups in total. The summed E-state index contributed by atoms with van der Waals surface area (Å²) in [6.07, 6.45) is 0. The minimum absolute atomic E-state index is 0.0376. The number of nitro benzene ring substituents is 1. The molecule has 0 fully saturated rings. The molecule has 1 rings (SSSR count). The molecule has 0 unspecified atom stereocenters. The Bertz CT molecular complexity index is 575. The topological polar surface area (TPSA) is 98.5 Å². The maximum Gasteiger partial charge on any atom is 0.306 e. The van der Waals surface area contributed by atoms with Crippen LogP contribution in [0.2, 0.25) is 0 Å². The van der Waals surface area contributed by atoms with Gasteiger partial charge in [-0.2, -0.15) is 4.39 Å². The van der Waals surface area contributed by atoms with Gasteiger partial charge in [0.15, 0.2) is 0 Å². The summed E-state index contributed by atoms with van der Waals surface area (Å²) in [5.41, 5.74) is -1.15. The Kier molecular flexibility index (Phi) is 4.27. The van der Waals surface area contributed by atoms with Gasteiger partial charge in [-0.25, -0.2) is 12.8 Å². The van der Waals surface area contributed by atoms with Crippen LogP contribution in [-0.2, 0) is 14.9 Å². The zero-order chi connectivity index (χ0) is 13.9. The molecule has 0 aromatic heterocycles. The van der Waals surface area contributed by atoms with Crippen LogP contribution in [-0.4, -0.2) is 19.9 Å². The van der Waals surface area contributed by atoms with Crippen molar-refractivity contribution in [2.24, 2.45) is 0 Å². The normalized spacial score (nSPS) is 11.5. The van der Waals surface area contributed by atoms with Gasteiger partial charge in [-0.15, -0.1) is 0 Å². The highest BCUT2D eigenvalue weighted by molar-refractivity contribution is 7.89. The third kappa shape index (κ3) is 2.97. The molecule has 100 valence electrons. The molecule has 0 aliphatic carbocycles. The van der Waals surface area contributed by atoms with Crippen LogP contribution < -0.4 is 4.89 Å². The van der Waals surface area contributed by atoms with E-state index in [0.717, 1.165) is 0 Å². The number of nitro groups is 1. The van der Waals surface area contributed by atoms with E-state index in [0.29, 0.717) is 0 Å². The van der Waals surface area contributed by atoms with Crippen molar-refractivity contribution in [3.63, 3.8) is 0 Å². The maximum atomic E-state index is 13.3. The molecule has 0 spiro atoms. The summed E-state index contributed by atoms with van der Waals surface area (Å²) in [5, 5.41) is 10.4. The predicted molar refractivity (Wildman–Crippen MR) is 55.0 cm³/mol. The number of sulfonamides is 1. The van der Waals surface area contributed by atoms with Crippen LogP contribution in [0, 0.1) is 21.7 Å². The molecule has 1 aromatic rings. The Morgan fingerprint density at radius 1 is 1.39 bits per heavy atom. The first-order chi connectivity index (χ1) is 8.29. The minimum atomic E-state index is -4.44. The molecule has 0 saturated carbocycles. The molecule has 7 nitrogen and oxygen atoms in total. The van der Waals surface area contributed by atoms with Gasteiger partial charge >= 0.3 is 5.69 Å². The van der Waals surface area contributed by atoms with Crippen molar-refractivity contribution in [1.29, 1.82) is 0 Å². The second-order valence-electron chi connectivity index (χ2n) is 3.01. The molecule has 1 aromatic carbocycles. The second-order valence-corrected chi connectivity index (χ2v) is 4.62. The van der Waals surface area contributed by atoms with Gasteiger partial charge in [-0.05, 0) is 6.92 Å². The molecule has 10 heteroatoms. The van der Waals surface area contributed by atoms with Crippen LogP contribution in [0.5, 0.6) is 0 Å². The Hall–Kier alpha value is -1.65. The summed E-state index contributed by atoms with van der Waals surface area (Å²) < 4.78 is 49.2. The third-order valence-electron chi connectivity index (χ3n) is 1.80. The van der Waals surface area contributed by atoms with E-state index in [4.69, 9.17) is 0 Å². The van der Waals surface area contributed by atoms with E-state index in [1.54, 1.807) is 0 Å². The number of nitrogens with zero attached hydrogens (tertiary/aromatic N) is 1. The van der Waals surface area contributed by atoms with E-state index in [2.05, 4.69) is 4.84 Å². The van der Waals surface area contributed by atoms with Crippen molar-refractivity contribution in [2.75, 3.05) is 6.61 Å². The van der Waals surface area contributed by atoms with Crippen molar-refractivity contribution in [3.8, 4) is 0 Å². The van der Waals surface area contributed by atoms with Crippen molar-refractivity contribution in [2.45, 2.75) is 11.8 Å². The molecule has 0 amide bonds. The van der Waals surface area contributed by atoms with Crippen LogP contribution in [0.3, 0.4) is 0 Å². The van der Waals surface area contributed by atoms with Gasteiger partial charge < -0.3 is 0 Å². The van der Waals surface area contributed by atoms with Crippen molar-refractivity contribution < 1.29 is 27.0 Å². The zero-order valence-corrected chi connectivity index (χ0v) is 9.83. The van der Waals surface area contributed by atoms with Gasteiger partial charge in [0.2, 0.25) is 5.82 Å². The SMILES string of the molecule is CCONS(=O)(=O)c1cc([N+](=O)[O-])c(F)cc1F. The molecule has 0 saturated heterocycles. The largest absolute Gasteiger partial charge is 0.306 e. The van der Waals surface area contributed by atoms with E-state index in [1.165, 1.54) is 11.8 Å². The smallest absolute Gasteiger partial charge is 0.287 e. The highest BCUT2D eigenvalue weighted by Gasteiger charge is 2.26. The number of nitrogens with one attached hydrogen (secondary N) is 1. The fraction of sp³-hybridized carbons (Fsp3) is 0.250. The quantitative estimate of drug-likeness (QED) is 0.644. The second kappa shape index (κ2) is 5.33. The standard InChI is InChI=1S/C8H8F2N2O5S/c1-2-17-11-18(15,16)8-4-7(12(13)14)5(9)3-6(8)10/h3-4,11H,2H2,1H3. The zero-order valence-electron chi connectivity index (χ0n) is 9.01. The van der Waals surface area contributed by atoms with Crippen molar-refractivity contribution in [3.05, 3.63) is 33.9 Å². The number of benzene rings is 1. The first kappa shape index (κ1) is 14.4. The van der Waals surface area contributed by atoms with E-state index < -0.39 is 37.2 Å². The number of hydrogen-bond donors (Lipinski definition) is 1. The average Bonchev–Trinajstić information content (AvgIpc) is 2.25. The van der Waals surface area contributed by atoms with Gasteiger partial charge in [-0.3, -0.25) is 15.0 Å². The number of hydrogen-bond acceptors (Lipinski definition) is 5. The maximum absolute atomic E-state index is 13.3. The summed E-state index contributed by atoms with van der Waals surface area (Å²) in [6.45, 7) is 1.43. The molecule has 0 atom stereocenters. The Morgan fingerprint density at radius 2 is 2.00 bits per heavy atom. The molecule has 0 aliphatic rings. The van der Waals surface area contributed by atoms with Crippen molar-refractivity contribution in [1.82, 2.24) is 4.89 Å². The molecule has 0 bridgehead atoms. The lowest BCUT2D eigenvalue weighted by atomic mass is 10.3. The summed E-state index contributed by atoms with van der Waals surface area (Å²) in [6, 6.07) is 0.407. The van der Waals surface area contributed by atoms with E-state index in [-0.39, 0.29) is 18.7 Å². The van der Waals surface area contributed by atoms with Crippen molar-refractivity contribution >= 4 is 15.7 Å². The fourth-order valence-electron chi connectivity index (χ4n) is 1.05. The van der Waals surface area contributed by atoms with E-state index in [1.807, 2.05) is 0 Å². The van der Waals surface area contributed by atoms with Crippen LogP contribution in [0.1, 0.15) is 6.92 Å². The van der Waals surface area contributed by atoms with Gasteiger partial charge in [0.1, 0.15) is 10.7 Å². The number of halogens is 2. The summed E-state index contributed by atoms with van der Waals surface area (Å²) >= 11 is 0. The molecular weight excluding hydrogens is 274 g/mol. The van der Waals surface area contributed by atoms with Gasteiger partial charge in [0.25, 0.3) is 10.0 Å². The lowest BCUT2D eigenvalue weighted by Gasteiger charge is -2.06. The predicted octanol–water partition coefficient (Wildman–Crippen LogP) is 1.10. The Labute approximate surface area is 101 Å². The Morgan fingerprint density at radius 3 is 2.50 bits per heavy atom. The molecule has 0 aliphatic heterocycles. The highest BCUT2D eigenvalue weighted by atomic mass is 32.2. The third-order valence-corrected chi connectivity index (χ3v) is 3.03. The van der Waals surface area contributed by atoms with Crippen LogP contribution in [0.15, 0.2) is 17.0 Å². The first-order valence-electron chi connectivity index (χ1n) is 4.56. The molecule has 0 heterocycles. The van der Waals surface area contributed by atoms with Gasteiger partial charge in [0.05, 0.1) is 11.5 Å². The van der Waals surface area contributed by atoms with Crippen LogP contribution >= 0.6 is 0 Å². The first-order valence-corrected chi connectivity index (χ1v) is 6.05.